The van der Waals surface area contributed by atoms with Crippen molar-refractivity contribution in [1.82, 2.24) is 31.9 Å². The number of carboxylic acid groups (broad SMARTS) is 3. The molecule has 0 radical (unpaired) electrons. The number of nitrogens with one attached hydrogen (secondary N) is 6. The van der Waals surface area contributed by atoms with Crippen LogP contribution in [0.15, 0.2) is 30.3 Å². The van der Waals surface area contributed by atoms with Gasteiger partial charge in [0.2, 0.25) is 41.4 Å². The number of nitrogens with two attached hydrogens (primary N) is 2. The van der Waals surface area contributed by atoms with Gasteiger partial charge >= 0.3 is 17.9 Å². The van der Waals surface area contributed by atoms with Crippen LogP contribution >= 0.6 is 0 Å². The van der Waals surface area contributed by atoms with Crippen LogP contribution in [0.25, 0.3) is 0 Å². The average Bonchev–Trinajstić information content (AvgIpc) is 3.18. The average molecular weight is 893 g/mol. The number of aliphatic carboxylic acids is 3. The Bertz CT molecular complexity index is 1760. The summed E-state index contributed by atoms with van der Waals surface area (Å²) in [5.74, 6) is -11.7. The normalized spacial score (nSPS) is 15.5. The van der Waals surface area contributed by atoms with E-state index in [4.69, 9.17) is 16.6 Å². The molecule has 1 rings (SSSR count). The van der Waals surface area contributed by atoms with Gasteiger partial charge in [-0.25, -0.2) is 4.79 Å². The number of rotatable bonds is 29. The van der Waals surface area contributed by atoms with E-state index in [1.807, 2.05) is 0 Å². The fraction of sp³-hybridized carbons (Fsp3) is 0.610. The SMILES string of the molecule is CC(C)C[C@@H](NC(=O)[C@H](CC(N)=O)NC(=O)[C@@H](NC(=O)[C@@H](N)CCC(=O)O)C(C)C)[C@H](O)C[C@@H](C)C(=O)N[C@@H](C)C(=O)NC(CCC(=O)O)C(=O)N[C@@H](Cc1ccccc1)C(=O)O. The maximum absolute atomic E-state index is 13.6. The minimum absolute atomic E-state index is 0.0978. The Morgan fingerprint density at radius 3 is 1.67 bits per heavy atom. The van der Waals surface area contributed by atoms with Crippen LogP contribution in [-0.4, -0.2) is 128 Å². The molecule has 1 aromatic carbocycles. The molecule has 22 heteroatoms. The summed E-state index contributed by atoms with van der Waals surface area (Å²) < 4.78 is 0. The third-order valence-corrected chi connectivity index (χ3v) is 9.78. The van der Waals surface area contributed by atoms with E-state index in [-0.39, 0.29) is 31.6 Å². The van der Waals surface area contributed by atoms with Gasteiger partial charge in [0.15, 0.2) is 0 Å². The van der Waals surface area contributed by atoms with Crippen LogP contribution in [0.2, 0.25) is 0 Å². The van der Waals surface area contributed by atoms with E-state index in [1.165, 1.54) is 13.8 Å². The maximum Gasteiger partial charge on any atom is 0.326 e. The number of hydrogen-bond donors (Lipinski definition) is 12. The number of aliphatic hydroxyl groups excluding tert-OH is 1. The maximum atomic E-state index is 13.6. The van der Waals surface area contributed by atoms with E-state index < -0.39 is 145 Å². The fourth-order valence-corrected chi connectivity index (χ4v) is 6.19. The molecule has 22 nitrogen and oxygen atoms in total. The van der Waals surface area contributed by atoms with Gasteiger partial charge in [-0.15, -0.1) is 0 Å². The molecule has 0 spiro atoms. The fourth-order valence-electron chi connectivity index (χ4n) is 6.19. The second-order valence-corrected chi connectivity index (χ2v) is 16.3. The molecule has 0 saturated carbocycles. The quantitative estimate of drug-likeness (QED) is 0.0425. The monoisotopic (exact) mass is 892 g/mol. The van der Waals surface area contributed by atoms with E-state index in [1.54, 1.807) is 58.0 Å². The molecule has 0 aliphatic heterocycles. The van der Waals surface area contributed by atoms with Crippen molar-refractivity contribution in [3.05, 3.63) is 35.9 Å². The van der Waals surface area contributed by atoms with Gasteiger partial charge in [-0.3, -0.25) is 43.2 Å². The molecule has 63 heavy (non-hydrogen) atoms. The molecule has 1 unspecified atom stereocenters. The molecule has 0 aromatic heterocycles. The standard InChI is InChI=1S/C41H64N8O14/c1-20(2)16-27(46-39(60)28(19-31(43)51)47-40(61)34(21(3)4)49-37(58)25(42)12-14-32(52)53)30(50)17-22(5)35(56)44-23(6)36(57)45-26(13-15-33(54)55)38(59)48-29(41(62)63)18-24-10-8-7-9-11-24/h7-11,20-23,25-30,34,50H,12-19,42H2,1-6H3,(H2,43,51)(H,44,56)(H,45,57)(H,46,60)(H,47,61)(H,48,59)(H,49,58)(H,52,53)(H,54,55)(H,62,63)/t22-,23+,25+,26?,27-,28+,29+,30-,34+/m1/s1. The van der Waals surface area contributed by atoms with Gasteiger partial charge in [0.1, 0.15) is 30.2 Å². The van der Waals surface area contributed by atoms with Crippen LogP contribution in [0.5, 0.6) is 0 Å². The van der Waals surface area contributed by atoms with Crippen molar-refractivity contribution in [2.24, 2.45) is 29.2 Å². The van der Waals surface area contributed by atoms with Crippen molar-refractivity contribution in [2.75, 3.05) is 0 Å². The lowest BCUT2D eigenvalue weighted by Gasteiger charge is -2.30. The Balaban J connectivity index is 3.07. The van der Waals surface area contributed by atoms with Crippen LogP contribution in [0.3, 0.4) is 0 Å². The Morgan fingerprint density at radius 2 is 1.14 bits per heavy atom. The summed E-state index contributed by atoms with van der Waals surface area (Å²) >= 11 is 0. The molecule has 0 fully saturated rings. The molecule has 7 amide bonds. The highest BCUT2D eigenvalue weighted by molar-refractivity contribution is 5.96. The third-order valence-electron chi connectivity index (χ3n) is 9.78. The van der Waals surface area contributed by atoms with Crippen molar-refractivity contribution in [1.29, 1.82) is 0 Å². The van der Waals surface area contributed by atoms with E-state index in [9.17, 15) is 63.3 Å². The second-order valence-electron chi connectivity index (χ2n) is 16.3. The van der Waals surface area contributed by atoms with Crippen LogP contribution < -0.4 is 43.4 Å². The molecule has 0 bridgehead atoms. The second kappa shape index (κ2) is 27.0. The predicted molar refractivity (Wildman–Crippen MR) is 225 cm³/mol. The van der Waals surface area contributed by atoms with Crippen molar-refractivity contribution in [2.45, 2.75) is 141 Å². The molecule has 1 aromatic rings. The summed E-state index contributed by atoms with van der Waals surface area (Å²) in [7, 11) is 0. The first-order valence-electron chi connectivity index (χ1n) is 20.6. The number of amides is 7. The summed E-state index contributed by atoms with van der Waals surface area (Å²) in [6, 6.07) is -0.933. The number of carbonyl (C=O) groups is 10. The highest BCUT2D eigenvalue weighted by Gasteiger charge is 2.35. The minimum Gasteiger partial charge on any atom is -0.481 e. The highest BCUT2D eigenvalue weighted by Crippen LogP contribution is 2.17. The zero-order chi connectivity index (χ0) is 48.1. The third kappa shape index (κ3) is 21.0. The number of hydrogen-bond acceptors (Lipinski definition) is 12. The Kier molecular flexibility index (Phi) is 23.5. The number of carboxylic acids is 3. The Morgan fingerprint density at radius 1 is 0.603 bits per heavy atom. The predicted octanol–water partition coefficient (Wildman–Crippen LogP) is -1.74. The molecule has 0 heterocycles. The Hall–Kier alpha value is -6.16. The van der Waals surface area contributed by atoms with Gasteiger partial charge < -0.3 is 63.8 Å². The minimum atomic E-state index is -1.57. The van der Waals surface area contributed by atoms with Crippen molar-refractivity contribution >= 4 is 59.3 Å². The number of aliphatic hydroxyl groups is 1. The summed E-state index contributed by atoms with van der Waals surface area (Å²) in [6.45, 7) is 9.47. The molecule has 0 aliphatic rings. The van der Waals surface area contributed by atoms with Crippen LogP contribution in [-0.2, 0) is 54.4 Å². The van der Waals surface area contributed by atoms with E-state index in [2.05, 4.69) is 31.9 Å². The topological polar surface area (TPSA) is 376 Å². The Labute approximate surface area is 365 Å². The number of primary amides is 1. The van der Waals surface area contributed by atoms with Gasteiger partial charge in [0.25, 0.3) is 0 Å². The first-order chi connectivity index (χ1) is 29.3. The van der Waals surface area contributed by atoms with E-state index in [0.29, 0.717) is 5.56 Å². The number of carbonyl (C=O) groups excluding carboxylic acids is 7. The first-order valence-corrected chi connectivity index (χ1v) is 20.6. The summed E-state index contributed by atoms with van der Waals surface area (Å²) in [6.07, 6.45) is -3.85. The van der Waals surface area contributed by atoms with Gasteiger partial charge in [-0.2, -0.15) is 0 Å². The number of benzene rings is 1. The zero-order valence-corrected chi connectivity index (χ0v) is 36.4. The summed E-state index contributed by atoms with van der Waals surface area (Å²) in [4.78, 5) is 125. The van der Waals surface area contributed by atoms with Crippen LogP contribution in [0.1, 0.15) is 92.1 Å². The van der Waals surface area contributed by atoms with E-state index in [0.717, 1.165) is 0 Å². The molecular weight excluding hydrogens is 828 g/mol. The molecule has 9 atom stereocenters. The van der Waals surface area contributed by atoms with Gasteiger partial charge in [-0.05, 0) is 50.0 Å². The van der Waals surface area contributed by atoms with E-state index >= 15 is 0 Å². The van der Waals surface area contributed by atoms with Crippen LogP contribution in [0.4, 0.5) is 0 Å². The first kappa shape index (κ1) is 54.9. The summed E-state index contributed by atoms with van der Waals surface area (Å²) in [5.41, 5.74) is 11.8. The molecular formula is C41H64N8O14. The summed E-state index contributed by atoms with van der Waals surface area (Å²) in [5, 5.41) is 53.8. The van der Waals surface area contributed by atoms with Crippen LogP contribution in [0, 0.1) is 17.8 Å². The molecule has 0 saturated heterocycles. The lowest BCUT2D eigenvalue weighted by molar-refractivity contribution is -0.143. The largest absolute Gasteiger partial charge is 0.481 e. The van der Waals surface area contributed by atoms with Crippen molar-refractivity contribution in [3.8, 4) is 0 Å². The van der Waals surface area contributed by atoms with Crippen molar-refractivity contribution < 1.29 is 68.4 Å². The highest BCUT2D eigenvalue weighted by atomic mass is 16.4. The lowest BCUT2D eigenvalue weighted by atomic mass is 9.92. The molecule has 0 aliphatic carbocycles. The molecule has 352 valence electrons. The zero-order valence-electron chi connectivity index (χ0n) is 36.4. The smallest absolute Gasteiger partial charge is 0.326 e. The van der Waals surface area contributed by atoms with Gasteiger partial charge in [-0.1, -0.05) is 65.0 Å². The van der Waals surface area contributed by atoms with Gasteiger partial charge in [0.05, 0.1) is 24.6 Å². The lowest BCUT2D eigenvalue weighted by Crippen LogP contribution is -2.59. The van der Waals surface area contributed by atoms with Gasteiger partial charge in [0, 0.05) is 25.2 Å². The molecule has 14 N–H and O–H groups in total. The van der Waals surface area contributed by atoms with Crippen molar-refractivity contribution in [3.63, 3.8) is 0 Å².